The Bertz CT molecular complexity index is 811. The van der Waals surface area contributed by atoms with E-state index < -0.39 is 5.97 Å². The highest BCUT2D eigenvalue weighted by Gasteiger charge is 2.33. The van der Waals surface area contributed by atoms with E-state index >= 15 is 0 Å². The Morgan fingerprint density at radius 1 is 1.44 bits per heavy atom. The number of aryl methyl sites for hydroxylation is 1. The molecule has 1 aromatic carbocycles. The Balaban J connectivity index is 2.18. The largest absolute Gasteiger partial charge is 0.497 e. The van der Waals surface area contributed by atoms with E-state index in [0.717, 1.165) is 46.6 Å². The van der Waals surface area contributed by atoms with Gasteiger partial charge in [0, 0.05) is 16.3 Å². The Morgan fingerprint density at radius 3 is 2.84 bits per heavy atom. The van der Waals surface area contributed by atoms with Gasteiger partial charge in [-0.25, -0.2) is 4.79 Å². The number of methoxy groups -OCH3 is 1. The lowest BCUT2D eigenvalue weighted by molar-refractivity contribution is 0.0696. The highest BCUT2D eigenvalue weighted by atomic mass is 32.1. The van der Waals surface area contributed by atoms with Crippen molar-refractivity contribution < 1.29 is 14.6 Å². The zero-order valence-electron chi connectivity index (χ0n) is 14.8. The van der Waals surface area contributed by atoms with Crippen LogP contribution in [0.1, 0.15) is 46.6 Å². The van der Waals surface area contributed by atoms with E-state index in [1.807, 2.05) is 18.2 Å². The van der Waals surface area contributed by atoms with Gasteiger partial charge in [-0.3, -0.25) is 11.3 Å². The molecular formula is C19H24N2O3S. The summed E-state index contributed by atoms with van der Waals surface area (Å²) in [5, 5.41) is 9.91. The summed E-state index contributed by atoms with van der Waals surface area (Å²) in [6.45, 7) is 4.85. The molecule has 0 aliphatic heterocycles. The molecule has 134 valence electrons. The van der Waals surface area contributed by atoms with Gasteiger partial charge in [-0.2, -0.15) is 0 Å². The quantitative estimate of drug-likeness (QED) is 0.560. The van der Waals surface area contributed by atoms with Crippen LogP contribution in [0.15, 0.2) is 18.2 Å². The number of nitrogens with one attached hydrogen (secondary N) is 1. The van der Waals surface area contributed by atoms with Gasteiger partial charge in [-0.05, 0) is 59.6 Å². The second-order valence-electron chi connectivity index (χ2n) is 7.26. The minimum atomic E-state index is -0.854. The van der Waals surface area contributed by atoms with Crippen molar-refractivity contribution in [3.05, 3.63) is 39.8 Å². The van der Waals surface area contributed by atoms with Crippen molar-refractivity contribution in [3.8, 4) is 16.2 Å². The van der Waals surface area contributed by atoms with Crippen LogP contribution in [0, 0.1) is 5.41 Å². The van der Waals surface area contributed by atoms with E-state index in [1.165, 1.54) is 4.88 Å². The minimum absolute atomic E-state index is 0.136. The molecule has 6 heteroatoms. The van der Waals surface area contributed by atoms with Gasteiger partial charge in [-0.1, -0.05) is 13.8 Å². The Labute approximate surface area is 151 Å². The summed E-state index contributed by atoms with van der Waals surface area (Å²) in [4.78, 5) is 14.1. The maximum Gasteiger partial charge on any atom is 0.337 e. The van der Waals surface area contributed by atoms with Crippen molar-refractivity contribution in [2.45, 2.75) is 39.7 Å². The first-order valence-corrected chi connectivity index (χ1v) is 9.16. The predicted octanol–water partition coefficient (Wildman–Crippen LogP) is 3.60. The smallest absolute Gasteiger partial charge is 0.337 e. The van der Waals surface area contributed by atoms with Crippen LogP contribution < -0.4 is 16.0 Å². The second kappa shape index (κ2) is 6.78. The molecule has 25 heavy (non-hydrogen) atoms. The topological polar surface area (TPSA) is 84.6 Å². The van der Waals surface area contributed by atoms with Crippen molar-refractivity contribution in [3.63, 3.8) is 0 Å². The summed E-state index contributed by atoms with van der Waals surface area (Å²) < 4.78 is 5.30. The van der Waals surface area contributed by atoms with Crippen molar-refractivity contribution in [1.29, 1.82) is 0 Å². The zero-order chi connectivity index (χ0) is 18.2. The lowest BCUT2D eigenvalue weighted by Crippen LogP contribution is -2.22. The molecule has 0 saturated heterocycles. The lowest BCUT2D eigenvalue weighted by Gasteiger charge is -2.29. The van der Waals surface area contributed by atoms with E-state index in [-0.39, 0.29) is 5.41 Å². The number of carboxylic acid groups (broad SMARTS) is 1. The maximum atomic E-state index is 12.1. The molecule has 0 amide bonds. The highest BCUT2D eigenvalue weighted by Crippen LogP contribution is 2.46. The first-order valence-electron chi connectivity index (χ1n) is 8.35. The molecule has 0 bridgehead atoms. The number of ether oxygens (including phenoxy) is 1. The van der Waals surface area contributed by atoms with Crippen LogP contribution in [0.5, 0.6) is 5.75 Å². The van der Waals surface area contributed by atoms with Crippen LogP contribution in [0.2, 0.25) is 0 Å². The molecule has 1 heterocycles. The van der Waals surface area contributed by atoms with Gasteiger partial charge in [0.2, 0.25) is 0 Å². The molecule has 0 radical (unpaired) electrons. The molecule has 4 N–H and O–H groups in total. The number of aromatic carboxylic acids is 1. The Hall–Kier alpha value is -1.89. The summed E-state index contributed by atoms with van der Waals surface area (Å²) >= 11 is 1.61. The standard InChI is InChI=1S/C19H24N2O3S/c1-19(2)7-6-15-14(9-19)16(18(22)23)17(25-15)13-5-4-12(24-3)8-11(13)10-21-20/h4-5,8,21H,6-7,9-10,20H2,1-3H3,(H,22,23). The summed E-state index contributed by atoms with van der Waals surface area (Å²) in [5.41, 5.74) is 6.11. The number of carbonyl (C=O) groups is 1. The van der Waals surface area contributed by atoms with Crippen molar-refractivity contribution >= 4 is 17.3 Å². The van der Waals surface area contributed by atoms with Gasteiger partial charge in [0.15, 0.2) is 0 Å². The molecule has 5 nitrogen and oxygen atoms in total. The van der Waals surface area contributed by atoms with E-state index in [4.69, 9.17) is 10.6 Å². The van der Waals surface area contributed by atoms with Crippen LogP contribution >= 0.6 is 11.3 Å². The zero-order valence-corrected chi connectivity index (χ0v) is 15.6. The third-order valence-corrected chi connectivity index (χ3v) is 6.16. The molecule has 0 fully saturated rings. The molecule has 0 saturated carbocycles. The number of hydrogen-bond acceptors (Lipinski definition) is 5. The minimum Gasteiger partial charge on any atom is -0.497 e. The fraction of sp³-hybridized carbons (Fsp3) is 0.421. The molecule has 0 unspecified atom stereocenters. The second-order valence-corrected chi connectivity index (χ2v) is 8.36. The van der Waals surface area contributed by atoms with E-state index in [9.17, 15) is 9.90 Å². The number of carboxylic acids is 1. The molecule has 1 aliphatic carbocycles. The number of fused-ring (bicyclic) bond motifs is 1. The average molecular weight is 360 g/mol. The number of benzene rings is 1. The number of thiophene rings is 1. The fourth-order valence-electron chi connectivity index (χ4n) is 3.51. The SMILES string of the molecule is COc1ccc(-c2sc3c(c2C(=O)O)CC(C)(C)CC3)c(CNN)c1. The molecule has 2 aromatic rings. The van der Waals surface area contributed by atoms with Crippen molar-refractivity contribution in [2.24, 2.45) is 11.3 Å². The predicted molar refractivity (Wildman–Crippen MR) is 100 cm³/mol. The van der Waals surface area contributed by atoms with Gasteiger partial charge < -0.3 is 9.84 Å². The van der Waals surface area contributed by atoms with Crippen molar-refractivity contribution in [2.75, 3.05) is 7.11 Å². The van der Waals surface area contributed by atoms with Crippen LogP contribution in [0.4, 0.5) is 0 Å². The van der Waals surface area contributed by atoms with Crippen LogP contribution in [-0.2, 0) is 19.4 Å². The van der Waals surface area contributed by atoms with E-state index in [1.54, 1.807) is 18.4 Å². The molecule has 0 spiro atoms. The first kappa shape index (κ1) is 17.9. The van der Waals surface area contributed by atoms with Crippen LogP contribution in [0.3, 0.4) is 0 Å². The third-order valence-electron chi connectivity index (χ3n) is 4.84. The number of rotatable bonds is 5. The van der Waals surface area contributed by atoms with Gasteiger partial charge >= 0.3 is 5.97 Å². The van der Waals surface area contributed by atoms with E-state index in [2.05, 4.69) is 19.3 Å². The van der Waals surface area contributed by atoms with Gasteiger partial charge in [0.25, 0.3) is 0 Å². The van der Waals surface area contributed by atoms with Gasteiger partial charge in [0.05, 0.1) is 12.7 Å². The lowest BCUT2D eigenvalue weighted by atomic mass is 9.76. The summed E-state index contributed by atoms with van der Waals surface area (Å²) in [6, 6.07) is 5.70. The molecule has 3 rings (SSSR count). The highest BCUT2D eigenvalue weighted by molar-refractivity contribution is 7.16. The number of hydrogen-bond donors (Lipinski definition) is 3. The van der Waals surface area contributed by atoms with Crippen LogP contribution in [0.25, 0.3) is 10.4 Å². The summed E-state index contributed by atoms with van der Waals surface area (Å²) in [6.07, 6.45) is 2.83. The summed E-state index contributed by atoms with van der Waals surface area (Å²) in [5.74, 6) is 5.40. The summed E-state index contributed by atoms with van der Waals surface area (Å²) in [7, 11) is 1.61. The number of hydrazine groups is 1. The molecule has 1 aliphatic rings. The fourth-order valence-corrected chi connectivity index (χ4v) is 4.88. The maximum absolute atomic E-state index is 12.1. The molecule has 0 atom stereocenters. The number of nitrogens with two attached hydrogens (primary N) is 1. The average Bonchev–Trinajstić information content (AvgIpc) is 2.92. The molecule has 1 aromatic heterocycles. The van der Waals surface area contributed by atoms with Crippen LogP contribution in [-0.4, -0.2) is 18.2 Å². The van der Waals surface area contributed by atoms with Crippen molar-refractivity contribution in [1.82, 2.24) is 5.43 Å². The van der Waals surface area contributed by atoms with Gasteiger partial charge in [-0.15, -0.1) is 11.3 Å². The first-order chi connectivity index (χ1) is 11.9. The monoisotopic (exact) mass is 360 g/mol. The van der Waals surface area contributed by atoms with Gasteiger partial charge in [0.1, 0.15) is 5.75 Å². The Kier molecular flexibility index (Phi) is 4.86. The molecular weight excluding hydrogens is 336 g/mol. The normalized spacial score (nSPS) is 15.7. The third kappa shape index (κ3) is 3.42. The Morgan fingerprint density at radius 2 is 2.20 bits per heavy atom. The van der Waals surface area contributed by atoms with E-state index in [0.29, 0.717) is 12.1 Å².